The van der Waals surface area contributed by atoms with Crippen molar-refractivity contribution in [3.8, 4) is 0 Å². The topological polar surface area (TPSA) is 73.9 Å². The highest BCUT2D eigenvalue weighted by Crippen LogP contribution is 2.27. The van der Waals surface area contributed by atoms with Crippen molar-refractivity contribution in [3.63, 3.8) is 0 Å². The number of carbonyl (C=O) groups excluding carboxylic acids is 2. The quantitative estimate of drug-likeness (QED) is 0.731. The van der Waals surface area contributed by atoms with E-state index in [1.165, 1.54) is 0 Å². The molecular formula is C18H25NO5. The van der Waals surface area contributed by atoms with Crippen molar-refractivity contribution in [2.24, 2.45) is 0 Å². The zero-order chi connectivity index (χ0) is 17.4. The molecule has 6 nitrogen and oxygen atoms in total. The Kier molecular flexibility index (Phi) is 6.75. The van der Waals surface area contributed by atoms with E-state index in [1.807, 2.05) is 30.3 Å². The molecular weight excluding hydrogens is 310 g/mol. The van der Waals surface area contributed by atoms with E-state index < -0.39 is 11.6 Å². The van der Waals surface area contributed by atoms with E-state index in [1.54, 1.807) is 13.8 Å². The number of hydrogen-bond donors (Lipinski definition) is 1. The Morgan fingerprint density at radius 3 is 2.54 bits per heavy atom. The van der Waals surface area contributed by atoms with Crippen LogP contribution in [0.1, 0.15) is 32.3 Å². The summed E-state index contributed by atoms with van der Waals surface area (Å²) in [5, 5.41) is 3.09. The van der Waals surface area contributed by atoms with Gasteiger partial charge < -0.3 is 14.2 Å². The molecule has 1 N–H and O–H groups in total. The molecule has 1 aromatic carbocycles. The van der Waals surface area contributed by atoms with Crippen LogP contribution >= 0.6 is 0 Å². The normalized spacial score (nSPS) is 23.0. The van der Waals surface area contributed by atoms with Gasteiger partial charge in [-0.3, -0.25) is 10.1 Å². The molecule has 1 aliphatic rings. The molecule has 0 aromatic heterocycles. The van der Waals surface area contributed by atoms with Crippen LogP contribution < -0.4 is 5.32 Å². The molecule has 2 rings (SSSR count). The van der Waals surface area contributed by atoms with Gasteiger partial charge >= 0.3 is 11.9 Å². The number of benzene rings is 1. The van der Waals surface area contributed by atoms with Crippen LogP contribution in [0.4, 0.5) is 0 Å². The number of hydrogen-bond acceptors (Lipinski definition) is 6. The highest BCUT2D eigenvalue weighted by Gasteiger charge is 2.48. The lowest BCUT2D eigenvalue weighted by atomic mass is 9.99. The van der Waals surface area contributed by atoms with Gasteiger partial charge in [-0.15, -0.1) is 0 Å². The van der Waals surface area contributed by atoms with Crippen LogP contribution in [0.5, 0.6) is 0 Å². The molecule has 1 aliphatic heterocycles. The monoisotopic (exact) mass is 335 g/mol. The van der Waals surface area contributed by atoms with Crippen LogP contribution in [-0.2, 0) is 30.4 Å². The second kappa shape index (κ2) is 8.80. The van der Waals surface area contributed by atoms with E-state index in [9.17, 15) is 9.59 Å². The van der Waals surface area contributed by atoms with E-state index in [2.05, 4.69) is 5.32 Å². The standard InChI is InChI=1S/C18H25NO5/c1-3-23-16(20)15-10-11-18(19-15,17(21)24-4-2)13-22-12-14-8-6-5-7-9-14/h5-9,15,19H,3-4,10-13H2,1-2H3. The summed E-state index contributed by atoms with van der Waals surface area (Å²) in [5.41, 5.74) is 0.0267. The minimum absolute atomic E-state index is 0.149. The van der Waals surface area contributed by atoms with Gasteiger partial charge in [0.15, 0.2) is 0 Å². The predicted molar refractivity (Wildman–Crippen MR) is 88.3 cm³/mol. The number of rotatable bonds is 8. The lowest BCUT2D eigenvalue weighted by Crippen LogP contribution is -2.55. The number of carbonyl (C=O) groups is 2. The van der Waals surface area contributed by atoms with E-state index >= 15 is 0 Å². The maximum Gasteiger partial charge on any atom is 0.328 e. The zero-order valence-electron chi connectivity index (χ0n) is 14.2. The second-order valence-corrected chi connectivity index (χ2v) is 5.77. The third-order valence-corrected chi connectivity index (χ3v) is 4.01. The maximum absolute atomic E-state index is 12.4. The molecule has 0 bridgehead atoms. The first-order valence-electron chi connectivity index (χ1n) is 8.34. The molecule has 1 aromatic rings. The lowest BCUT2D eigenvalue weighted by molar-refractivity contribution is -0.154. The van der Waals surface area contributed by atoms with Crippen molar-refractivity contribution in [1.29, 1.82) is 0 Å². The molecule has 132 valence electrons. The van der Waals surface area contributed by atoms with Gasteiger partial charge in [0.05, 0.1) is 26.4 Å². The summed E-state index contributed by atoms with van der Waals surface area (Å²) in [5.74, 6) is -0.725. The molecule has 1 heterocycles. The molecule has 2 unspecified atom stereocenters. The van der Waals surface area contributed by atoms with Gasteiger partial charge in [-0.1, -0.05) is 30.3 Å². The fourth-order valence-corrected chi connectivity index (χ4v) is 2.81. The van der Waals surface area contributed by atoms with Gasteiger partial charge in [-0.25, -0.2) is 4.79 Å². The molecule has 0 saturated carbocycles. The minimum atomic E-state index is -0.998. The smallest absolute Gasteiger partial charge is 0.328 e. The van der Waals surface area contributed by atoms with Crippen molar-refractivity contribution in [2.75, 3.05) is 19.8 Å². The summed E-state index contributed by atoms with van der Waals surface area (Å²) in [6.07, 6.45) is 0.996. The van der Waals surface area contributed by atoms with Crippen LogP contribution in [0.3, 0.4) is 0 Å². The van der Waals surface area contributed by atoms with Gasteiger partial charge in [0.1, 0.15) is 11.6 Å². The Morgan fingerprint density at radius 2 is 1.88 bits per heavy atom. The number of nitrogens with one attached hydrogen (secondary N) is 1. The van der Waals surface area contributed by atoms with Crippen LogP contribution in [0.25, 0.3) is 0 Å². The van der Waals surface area contributed by atoms with Gasteiger partial charge in [0.25, 0.3) is 0 Å². The summed E-state index contributed by atoms with van der Waals surface area (Å²) in [4.78, 5) is 24.4. The highest BCUT2D eigenvalue weighted by molar-refractivity contribution is 5.85. The third-order valence-electron chi connectivity index (χ3n) is 4.01. The van der Waals surface area contributed by atoms with Gasteiger partial charge in [-0.2, -0.15) is 0 Å². The summed E-state index contributed by atoms with van der Waals surface area (Å²) >= 11 is 0. The molecule has 24 heavy (non-hydrogen) atoms. The molecule has 2 atom stereocenters. The summed E-state index contributed by atoms with van der Waals surface area (Å²) in [7, 11) is 0. The highest BCUT2D eigenvalue weighted by atomic mass is 16.5. The fraction of sp³-hybridized carbons (Fsp3) is 0.556. The Balaban J connectivity index is 1.99. The average molecular weight is 335 g/mol. The van der Waals surface area contributed by atoms with Crippen LogP contribution in [-0.4, -0.2) is 43.3 Å². The predicted octanol–water partition coefficient (Wildman–Crippen LogP) is 1.82. The van der Waals surface area contributed by atoms with Crippen LogP contribution in [0, 0.1) is 0 Å². The molecule has 0 radical (unpaired) electrons. The third kappa shape index (κ3) is 4.55. The van der Waals surface area contributed by atoms with Crippen molar-refractivity contribution >= 4 is 11.9 Å². The number of ether oxygens (including phenoxy) is 3. The van der Waals surface area contributed by atoms with Gasteiger partial charge in [0.2, 0.25) is 0 Å². The molecule has 1 saturated heterocycles. The Hall–Kier alpha value is -1.92. The SMILES string of the molecule is CCOC(=O)C1CCC(COCc2ccccc2)(C(=O)OCC)N1. The van der Waals surface area contributed by atoms with Crippen molar-refractivity contribution < 1.29 is 23.8 Å². The first-order valence-corrected chi connectivity index (χ1v) is 8.34. The Bertz CT molecular complexity index is 548. The van der Waals surface area contributed by atoms with E-state index in [0.717, 1.165) is 5.56 Å². The summed E-state index contributed by atoms with van der Waals surface area (Å²) in [6, 6.07) is 9.22. The average Bonchev–Trinajstić information content (AvgIpc) is 3.02. The molecule has 6 heteroatoms. The van der Waals surface area contributed by atoms with Gasteiger partial charge in [-0.05, 0) is 32.3 Å². The number of esters is 2. The zero-order valence-corrected chi connectivity index (χ0v) is 14.2. The van der Waals surface area contributed by atoms with Crippen LogP contribution in [0.15, 0.2) is 30.3 Å². The molecule has 0 spiro atoms. The first kappa shape index (κ1) is 18.4. The Morgan fingerprint density at radius 1 is 1.17 bits per heavy atom. The summed E-state index contributed by atoms with van der Waals surface area (Å²) in [6.45, 7) is 4.66. The fourth-order valence-electron chi connectivity index (χ4n) is 2.81. The second-order valence-electron chi connectivity index (χ2n) is 5.77. The van der Waals surface area contributed by atoms with E-state index in [4.69, 9.17) is 14.2 Å². The van der Waals surface area contributed by atoms with Crippen LogP contribution in [0.2, 0.25) is 0 Å². The minimum Gasteiger partial charge on any atom is -0.465 e. The van der Waals surface area contributed by atoms with Crippen molar-refractivity contribution in [3.05, 3.63) is 35.9 Å². The molecule has 0 amide bonds. The van der Waals surface area contributed by atoms with Crippen molar-refractivity contribution in [1.82, 2.24) is 5.32 Å². The van der Waals surface area contributed by atoms with Crippen molar-refractivity contribution in [2.45, 2.75) is 44.9 Å². The molecule has 0 aliphatic carbocycles. The summed E-state index contributed by atoms with van der Waals surface area (Å²) < 4.78 is 16.0. The Labute approximate surface area is 142 Å². The molecule has 1 fully saturated rings. The largest absolute Gasteiger partial charge is 0.465 e. The van der Waals surface area contributed by atoms with E-state index in [0.29, 0.717) is 26.1 Å². The maximum atomic E-state index is 12.4. The lowest BCUT2D eigenvalue weighted by Gasteiger charge is -2.27. The first-order chi connectivity index (χ1) is 11.6. The van der Waals surface area contributed by atoms with Gasteiger partial charge in [0, 0.05) is 0 Å². The van der Waals surface area contributed by atoms with E-state index in [-0.39, 0.29) is 25.2 Å².